The number of nitrogens with zero attached hydrogens (tertiary/aromatic N) is 1. The Balaban J connectivity index is 1.76. The second kappa shape index (κ2) is 8.40. The number of hydrogen-bond donors (Lipinski definition) is 1. The third-order valence-electron chi connectivity index (χ3n) is 3.60. The van der Waals surface area contributed by atoms with Crippen LogP contribution in [-0.4, -0.2) is 25.3 Å². The third kappa shape index (κ3) is 4.34. The maximum Gasteiger partial charge on any atom is 0.264 e. The van der Waals surface area contributed by atoms with Crippen LogP contribution >= 0.6 is 11.8 Å². The topological polar surface area (TPSA) is 59.9 Å². The first-order valence-corrected chi connectivity index (χ1v) is 8.74. The molecule has 1 aliphatic heterocycles. The fraction of sp³-hybridized carbons (Fsp3) is 0.100. The molecule has 0 unspecified atom stereocenters. The highest BCUT2D eigenvalue weighted by molar-refractivity contribution is 8.18. The van der Waals surface area contributed by atoms with Crippen LogP contribution in [0.3, 0.4) is 0 Å². The molecule has 1 saturated heterocycles. The van der Waals surface area contributed by atoms with E-state index in [0.29, 0.717) is 27.3 Å². The van der Waals surface area contributed by atoms with Crippen LogP contribution in [-0.2, 0) is 4.79 Å². The average Bonchev–Trinajstić information content (AvgIpc) is 3.02. The van der Waals surface area contributed by atoms with Crippen LogP contribution in [0.15, 0.2) is 70.6 Å². The van der Waals surface area contributed by atoms with E-state index in [1.807, 2.05) is 42.5 Å². The number of carbonyl (C=O) groups is 1. The van der Waals surface area contributed by atoms with Gasteiger partial charge < -0.3 is 14.8 Å². The van der Waals surface area contributed by atoms with E-state index in [0.717, 1.165) is 5.56 Å². The van der Waals surface area contributed by atoms with Gasteiger partial charge in [-0.15, -0.1) is 0 Å². The van der Waals surface area contributed by atoms with Crippen molar-refractivity contribution >= 4 is 34.6 Å². The van der Waals surface area contributed by atoms with E-state index in [4.69, 9.17) is 9.47 Å². The number of allylic oxidation sites excluding steroid dienone is 2. The fourth-order valence-corrected chi connectivity index (χ4v) is 3.08. The lowest BCUT2D eigenvalue weighted by atomic mass is 10.2. The maximum absolute atomic E-state index is 12.1. The van der Waals surface area contributed by atoms with Gasteiger partial charge >= 0.3 is 0 Å². The molecule has 1 aliphatic rings. The van der Waals surface area contributed by atoms with Gasteiger partial charge in [0.05, 0.1) is 19.1 Å². The van der Waals surface area contributed by atoms with Crippen molar-refractivity contribution in [2.45, 2.75) is 0 Å². The standard InChI is InChI=1S/C20H18N2O3S/c1-24-15-11-12-16(17(13-15)25-2)21-20-22-19(23)18(26-20)10-6-9-14-7-4-3-5-8-14/h3-13H,1-2H3,(H,21,22,23). The van der Waals surface area contributed by atoms with Crippen LogP contribution in [0.4, 0.5) is 5.69 Å². The molecule has 0 spiro atoms. The molecule has 2 aromatic rings. The van der Waals surface area contributed by atoms with E-state index in [2.05, 4.69) is 10.3 Å². The van der Waals surface area contributed by atoms with Crippen LogP contribution < -0.4 is 14.8 Å². The van der Waals surface area contributed by atoms with Gasteiger partial charge in [0.15, 0.2) is 5.17 Å². The van der Waals surface area contributed by atoms with Crippen LogP contribution in [0.25, 0.3) is 6.08 Å². The normalized spacial score (nSPS) is 17.1. The number of rotatable bonds is 5. The number of thioether (sulfide) groups is 1. The van der Waals surface area contributed by atoms with Gasteiger partial charge in [0.25, 0.3) is 5.91 Å². The highest BCUT2D eigenvalue weighted by atomic mass is 32.2. The first-order valence-electron chi connectivity index (χ1n) is 7.93. The van der Waals surface area contributed by atoms with Gasteiger partial charge in [-0.25, -0.2) is 4.99 Å². The van der Waals surface area contributed by atoms with E-state index in [1.165, 1.54) is 11.8 Å². The summed E-state index contributed by atoms with van der Waals surface area (Å²) >= 11 is 1.29. The Labute approximate surface area is 156 Å². The smallest absolute Gasteiger partial charge is 0.264 e. The van der Waals surface area contributed by atoms with Crippen LogP contribution in [0.1, 0.15) is 5.56 Å². The van der Waals surface area contributed by atoms with Gasteiger partial charge in [0, 0.05) is 6.07 Å². The van der Waals surface area contributed by atoms with E-state index >= 15 is 0 Å². The summed E-state index contributed by atoms with van der Waals surface area (Å²) in [6, 6.07) is 15.2. The van der Waals surface area contributed by atoms with Crippen molar-refractivity contribution in [3.8, 4) is 11.5 Å². The molecule has 0 saturated carbocycles. The molecule has 26 heavy (non-hydrogen) atoms. The zero-order valence-electron chi connectivity index (χ0n) is 14.4. The maximum atomic E-state index is 12.1. The van der Waals surface area contributed by atoms with E-state index in [1.54, 1.807) is 38.5 Å². The second-order valence-electron chi connectivity index (χ2n) is 5.31. The molecular weight excluding hydrogens is 348 g/mol. The summed E-state index contributed by atoms with van der Waals surface area (Å²) in [5, 5.41) is 3.28. The highest BCUT2D eigenvalue weighted by Crippen LogP contribution is 2.34. The predicted octanol–water partition coefficient (Wildman–Crippen LogP) is 4.15. The number of benzene rings is 2. The molecule has 1 heterocycles. The number of carbonyl (C=O) groups excluding carboxylic acids is 1. The highest BCUT2D eigenvalue weighted by Gasteiger charge is 2.23. The number of methoxy groups -OCH3 is 2. The fourth-order valence-electron chi connectivity index (χ4n) is 2.29. The Bertz CT molecular complexity index is 889. The zero-order chi connectivity index (χ0) is 18.4. The largest absolute Gasteiger partial charge is 0.497 e. The van der Waals surface area contributed by atoms with Crippen LogP contribution in [0.5, 0.6) is 11.5 Å². The Hall–Kier alpha value is -2.99. The second-order valence-corrected chi connectivity index (χ2v) is 6.34. The molecule has 0 bridgehead atoms. The quantitative estimate of drug-likeness (QED) is 0.808. The number of amides is 1. The number of hydrogen-bond acceptors (Lipinski definition) is 5. The molecule has 132 valence electrons. The van der Waals surface area contributed by atoms with E-state index in [9.17, 15) is 4.79 Å². The number of nitrogens with one attached hydrogen (secondary N) is 1. The first kappa shape index (κ1) is 17.8. The Kier molecular flexibility index (Phi) is 5.76. The van der Waals surface area contributed by atoms with Crippen molar-refractivity contribution < 1.29 is 14.3 Å². The predicted molar refractivity (Wildman–Crippen MR) is 106 cm³/mol. The van der Waals surface area contributed by atoms with Gasteiger partial charge in [-0.2, -0.15) is 0 Å². The van der Waals surface area contributed by atoms with Gasteiger partial charge in [0.1, 0.15) is 17.2 Å². The van der Waals surface area contributed by atoms with E-state index < -0.39 is 0 Å². The lowest BCUT2D eigenvalue weighted by molar-refractivity contribution is -0.115. The molecule has 0 atom stereocenters. The van der Waals surface area contributed by atoms with Crippen LogP contribution in [0.2, 0.25) is 0 Å². The number of aliphatic imine (C=N–C) groups is 1. The zero-order valence-corrected chi connectivity index (χ0v) is 15.2. The molecule has 0 aromatic heterocycles. The Morgan fingerprint density at radius 3 is 2.62 bits per heavy atom. The van der Waals surface area contributed by atoms with Crippen molar-refractivity contribution in [2.75, 3.05) is 14.2 Å². The van der Waals surface area contributed by atoms with Gasteiger partial charge in [-0.1, -0.05) is 42.5 Å². The molecule has 1 amide bonds. The number of amidine groups is 1. The summed E-state index contributed by atoms with van der Waals surface area (Å²) in [5.74, 6) is 1.09. The SMILES string of the molecule is COc1ccc(N=C2NC(=O)C(=CC=Cc3ccccc3)S2)c(OC)c1. The summed E-state index contributed by atoms with van der Waals surface area (Å²) < 4.78 is 10.5. The molecule has 3 rings (SSSR count). The molecule has 5 nitrogen and oxygen atoms in total. The lowest BCUT2D eigenvalue weighted by Crippen LogP contribution is -2.19. The summed E-state index contributed by atoms with van der Waals surface area (Å²) in [4.78, 5) is 17.2. The summed E-state index contributed by atoms with van der Waals surface area (Å²) in [6.07, 6.45) is 5.58. The molecule has 0 aliphatic carbocycles. The van der Waals surface area contributed by atoms with Gasteiger partial charge in [-0.05, 0) is 35.5 Å². The minimum Gasteiger partial charge on any atom is -0.497 e. The van der Waals surface area contributed by atoms with Crippen LogP contribution in [0, 0.1) is 0 Å². The molecule has 2 aromatic carbocycles. The van der Waals surface area contributed by atoms with Crippen molar-refractivity contribution in [3.63, 3.8) is 0 Å². The summed E-state index contributed by atoms with van der Waals surface area (Å²) in [6.45, 7) is 0. The van der Waals surface area contributed by atoms with Crippen molar-refractivity contribution in [2.24, 2.45) is 4.99 Å². The van der Waals surface area contributed by atoms with Gasteiger partial charge in [-0.3, -0.25) is 4.79 Å². The van der Waals surface area contributed by atoms with Crippen molar-refractivity contribution in [3.05, 3.63) is 71.2 Å². The monoisotopic (exact) mass is 366 g/mol. The van der Waals surface area contributed by atoms with Crippen molar-refractivity contribution in [1.82, 2.24) is 5.32 Å². The number of ether oxygens (including phenoxy) is 2. The molecular formula is C20H18N2O3S. The summed E-state index contributed by atoms with van der Waals surface area (Å²) in [7, 11) is 3.16. The molecule has 1 N–H and O–H groups in total. The molecule has 1 fully saturated rings. The minimum atomic E-state index is -0.168. The summed E-state index contributed by atoms with van der Waals surface area (Å²) in [5.41, 5.74) is 1.70. The Morgan fingerprint density at radius 1 is 1.08 bits per heavy atom. The third-order valence-corrected chi connectivity index (χ3v) is 4.52. The van der Waals surface area contributed by atoms with E-state index in [-0.39, 0.29) is 5.91 Å². The van der Waals surface area contributed by atoms with Gasteiger partial charge in [0.2, 0.25) is 0 Å². The van der Waals surface area contributed by atoms with Crippen molar-refractivity contribution in [1.29, 1.82) is 0 Å². The molecule has 0 radical (unpaired) electrons. The Morgan fingerprint density at radius 2 is 1.88 bits per heavy atom. The first-order chi connectivity index (χ1) is 12.7. The minimum absolute atomic E-state index is 0.168. The average molecular weight is 366 g/mol. The molecule has 6 heteroatoms. The lowest BCUT2D eigenvalue weighted by Gasteiger charge is -2.07.